The minimum Gasteiger partial charge on any atom is -0.478 e. The van der Waals surface area contributed by atoms with Gasteiger partial charge in [0.1, 0.15) is 0 Å². The van der Waals surface area contributed by atoms with E-state index in [4.69, 9.17) is 20.4 Å². The number of hydrogen-bond acceptors (Lipinski definition) is 4. The zero-order valence-corrected chi connectivity index (χ0v) is 11.2. The number of carboxylic acids is 4. The minimum atomic E-state index is -1.40. The first-order valence-electron chi connectivity index (χ1n) is 5.83. The monoisotopic (exact) mass is 310 g/mol. The topological polar surface area (TPSA) is 149 Å². The summed E-state index contributed by atoms with van der Waals surface area (Å²) in [6.45, 7) is 0. The molecule has 0 aromatic rings. The van der Waals surface area contributed by atoms with E-state index >= 15 is 0 Å². The second-order valence-electron chi connectivity index (χ2n) is 4.07. The van der Waals surface area contributed by atoms with Crippen LogP contribution >= 0.6 is 0 Å². The summed E-state index contributed by atoms with van der Waals surface area (Å²) in [6.07, 6.45) is 7.16. The Hall–Kier alpha value is -3.16. The molecule has 0 saturated heterocycles. The highest BCUT2D eigenvalue weighted by Crippen LogP contribution is 2.29. The van der Waals surface area contributed by atoms with E-state index in [9.17, 15) is 19.2 Å². The molecule has 0 rings (SSSR count). The van der Waals surface area contributed by atoms with Crippen LogP contribution in [0, 0.1) is 5.41 Å². The van der Waals surface area contributed by atoms with Crippen LogP contribution in [0.2, 0.25) is 0 Å². The van der Waals surface area contributed by atoms with E-state index in [1.54, 1.807) is 0 Å². The normalized spacial score (nSPS) is 14.7. The number of carbonyl (C=O) groups is 4. The summed E-state index contributed by atoms with van der Waals surface area (Å²) >= 11 is 0. The molecule has 0 atom stereocenters. The lowest BCUT2D eigenvalue weighted by Gasteiger charge is -2.21. The van der Waals surface area contributed by atoms with E-state index in [-0.39, 0.29) is 6.42 Å². The molecule has 0 bridgehead atoms. The van der Waals surface area contributed by atoms with Crippen molar-refractivity contribution in [3.05, 3.63) is 48.6 Å². The van der Waals surface area contributed by atoms with Crippen LogP contribution in [0.4, 0.5) is 0 Å². The van der Waals surface area contributed by atoms with Crippen molar-refractivity contribution in [1.29, 1.82) is 0 Å². The summed E-state index contributed by atoms with van der Waals surface area (Å²) in [5.74, 6) is -5.21. The fourth-order valence-electron chi connectivity index (χ4n) is 1.41. The highest BCUT2D eigenvalue weighted by Gasteiger charge is 2.21. The Morgan fingerprint density at radius 1 is 0.636 bits per heavy atom. The molecule has 0 spiro atoms. The van der Waals surface area contributed by atoms with Crippen molar-refractivity contribution < 1.29 is 39.6 Å². The van der Waals surface area contributed by atoms with Crippen molar-refractivity contribution in [2.75, 3.05) is 0 Å². The van der Waals surface area contributed by atoms with Gasteiger partial charge < -0.3 is 20.4 Å². The van der Waals surface area contributed by atoms with Crippen LogP contribution in [0.15, 0.2) is 48.6 Å². The molecule has 0 radical (unpaired) electrons. The number of hydrogen-bond donors (Lipinski definition) is 4. The molecule has 8 nitrogen and oxygen atoms in total. The summed E-state index contributed by atoms with van der Waals surface area (Å²) in [4.78, 5) is 42.3. The Morgan fingerprint density at radius 3 is 1.23 bits per heavy atom. The summed E-state index contributed by atoms with van der Waals surface area (Å²) in [5, 5.41) is 34.5. The quantitative estimate of drug-likeness (QED) is 0.459. The predicted octanol–water partition coefficient (Wildman–Crippen LogP) is 0.926. The molecule has 0 aromatic heterocycles. The van der Waals surface area contributed by atoms with E-state index in [1.807, 2.05) is 0 Å². The number of rotatable bonds is 9. The molecule has 0 aliphatic heterocycles. The smallest absolute Gasteiger partial charge is 0.328 e. The zero-order chi connectivity index (χ0) is 17.2. The van der Waals surface area contributed by atoms with Crippen LogP contribution in [-0.4, -0.2) is 44.3 Å². The predicted molar refractivity (Wildman–Crippen MR) is 74.2 cm³/mol. The summed E-state index contributed by atoms with van der Waals surface area (Å²) in [6, 6.07) is 0. The van der Waals surface area contributed by atoms with E-state index < -0.39 is 29.3 Å². The SMILES string of the molecule is O=C(O)C=CCC(C=CC(=O)O)(C=CC(=O)O)C=CC(=O)O. The van der Waals surface area contributed by atoms with Gasteiger partial charge in [-0.3, -0.25) is 0 Å². The third-order valence-electron chi connectivity index (χ3n) is 2.34. The molecule has 0 aromatic carbocycles. The largest absolute Gasteiger partial charge is 0.478 e. The van der Waals surface area contributed by atoms with Crippen molar-refractivity contribution in [2.45, 2.75) is 6.42 Å². The highest BCUT2D eigenvalue weighted by molar-refractivity contribution is 5.83. The second-order valence-corrected chi connectivity index (χ2v) is 4.07. The molecule has 0 heterocycles. The van der Waals surface area contributed by atoms with E-state index in [0.717, 1.165) is 30.4 Å². The van der Waals surface area contributed by atoms with Crippen molar-refractivity contribution in [3.63, 3.8) is 0 Å². The maximum atomic E-state index is 10.6. The van der Waals surface area contributed by atoms with Crippen LogP contribution in [0.1, 0.15) is 6.42 Å². The fourth-order valence-corrected chi connectivity index (χ4v) is 1.41. The van der Waals surface area contributed by atoms with Crippen LogP contribution < -0.4 is 0 Å². The first-order chi connectivity index (χ1) is 10.2. The first kappa shape index (κ1) is 18.8. The van der Waals surface area contributed by atoms with Gasteiger partial charge in [0.15, 0.2) is 0 Å². The molecule has 118 valence electrons. The lowest BCUT2D eigenvalue weighted by atomic mass is 9.82. The van der Waals surface area contributed by atoms with Gasteiger partial charge in [-0.25, -0.2) is 19.2 Å². The van der Waals surface area contributed by atoms with Gasteiger partial charge >= 0.3 is 23.9 Å². The van der Waals surface area contributed by atoms with E-state index in [0.29, 0.717) is 18.2 Å². The zero-order valence-electron chi connectivity index (χ0n) is 11.2. The summed E-state index contributed by atoms with van der Waals surface area (Å²) in [5.41, 5.74) is -1.40. The molecule has 4 N–H and O–H groups in total. The average Bonchev–Trinajstić information content (AvgIpc) is 2.39. The Labute approximate surface area is 125 Å². The Balaban J connectivity index is 5.76. The van der Waals surface area contributed by atoms with Crippen LogP contribution in [0.5, 0.6) is 0 Å². The van der Waals surface area contributed by atoms with Crippen molar-refractivity contribution in [1.82, 2.24) is 0 Å². The third-order valence-corrected chi connectivity index (χ3v) is 2.34. The van der Waals surface area contributed by atoms with Gasteiger partial charge in [-0.15, -0.1) is 0 Å². The summed E-state index contributed by atoms with van der Waals surface area (Å²) < 4.78 is 0. The van der Waals surface area contributed by atoms with Crippen LogP contribution in [0.25, 0.3) is 0 Å². The van der Waals surface area contributed by atoms with Crippen LogP contribution in [-0.2, 0) is 19.2 Å². The Kier molecular flexibility index (Phi) is 7.62. The first-order valence-corrected chi connectivity index (χ1v) is 5.83. The number of allylic oxidation sites excluding steroid dienone is 4. The molecule has 0 saturated carbocycles. The Morgan fingerprint density at radius 2 is 0.955 bits per heavy atom. The fraction of sp³-hybridized carbons (Fsp3) is 0.143. The van der Waals surface area contributed by atoms with Gasteiger partial charge in [0.25, 0.3) is 0 Å². The second kappa shape index (κ2) is 8.90. The van der Waals surface area contributed by atoms with Gasteiger partial charge in [-0.05, 0) is 6.42 Å². The van der Waals surface area contributed by atoms with Crippen LogP contribution in [0.3, 0.4) is 0 Å². The van der Waals surface area contributed by atoms with E-state index in [2.05, 4.69) is 0 Å². The standard InChI is InChI=1S/C14H14O8/c15-10(16)2-1-6-14(7-3-11(17)18,8-4-12(19)20)9-5-13(21)22/h1-5,7-9H,6H2,(H,15,16)(H,17,18)(H,19,20)(H,21,22). The summed E-state index contributed by atoms with van der Waals surface area (Å²) in [7, 11) is 0. The van der Waals surface area contributed by atoms with Gasteiger partial charge in [0.2, 0.25) is 0 Å². The molecule has 22 heavy (non-hydrogen) atoms. The van der Waals surface area contributed by atoms with Gasteiger partial charge in [0.05, 0.1) is 0 Å². The average molecular weight is 310 g/mol. The highest BCUT2D eigenvalue weighted by atomic mass is 16.4. The van der Waals surface area contributed by atoms with Gasteiger partial charge in [-0.1, -0.05) is 24.3 Å². The minimum absolute atomic E-state index is 0.142. The van der Waals surface area contributed by atoms with Gasteiger partial charge in [0, 0.05) is 29.7 Å². The molecular weight excluding hydrogens is 296 g/mol. The molecular formula is C14H14O8. The Bertz CT molecular complexity index is 506. The van der Waals surface area contributed by atoms with Crippen molar-refractivity contribution in [2.24, 2.45) is 5.41 Å². The molecule has 0 fully saturated rings. The van der Waals surface area contributed by atoms with Crippen molar-refractivity contribution in [3.8, 4) is 0 Å². The van der Waals surface area contributed by atoms with Crippen molar-refractivity contribution >= 4 is 23.9 Å². The van der Waals surface area contributed by atoms with Gasteiger partial charge in [-0.2, -0.15) is 0 Å². The molecule has 0 aliphatic rings. The number of aliphatic carboxylic acids is 4. The number of carboxylic acid groups (broad SMARTS) is 4. The lowest BCUT2D eigenvalue weighted by molar-refractivity contribution is -0.132. The maximum absolute atomic E-state index is 10.6. The molecule has 0 unspecified atom stereocenters. The molecule has 0 amide bonds. The maximum Gasteiger partial charge on any atom is 0.328 e. The molecule has 0 aliphatic carbocycles. The molecule has 8 heteroatoms. The lowest BCUT2D eigenvalue weighted by Crippen LogP contribution is -2.13. The van der Waals surface area contributed by atoms with E-state index in [1.165, 1.54) is 0 Å². The third kappa shape index (κ3) is 8.86.